The zero-order valence-corrected chi connectivity index (χ0v) is 13.3. The Balaban J connectivity index is 2.43. The van der Waals surface area contributed by atoms with Gasteiger partial charge in [0, 0.05) is 20.2 Å². The van der Waals surface area contributed by atoms with Crippen LogP contribution in [0.15, 0.2) is 0 Å². The lowest BCUT2D eigenvalue weighted by Gasteiger charge is -2.38. The zero-order chi connectivity index (χ0) is 14.1. The van der Waals surface area contributed by atoms with Gasteiger partial charge in [-0.3, -0.25) is 0 Å². The highest BCUT2D eigenvalue weighted by molar-refractivity contribution is 4.84. The zero-order valence-electron chi connectivity index (χ0n) is 13.3. The Morgan fingerprint density at radius 1 is 1.16 bits per heavy atom. The van der Waals surface area contributed by atoms with Gasteiger partial charge >= 0.3 is 0 Å². The molecule has 0 heterocycles. The van der Waals surface area contributed by atoms with Crippen LogP contribution < -0.4 is 5.73 Å². The lowest BCUT2D eigenvalue weighted by molar-refractivity contribution is 0.110. The fourth-order valence-corrected chi connectivity index (χ4v) is 3.28. The summed E-state index contributed by atoms with van der Waals surface area (Å²) in [5.74, 6) is 0.719. The molecule has 2 N–H and O–H groups in total. The molecular formula is C16H34N2O. The standard InChI is InChI=1S/C16H34N2O/c1-15(2)13-18(11-12-19-3)10-9-16(14-17)7-5-4-6-8-16/h15H,4-14,17H2,1-3H3. The Hall–Kier alpha value is -0.120. The number of rotatable bonds is 9. The van der Waals surface area contributed by atoms with Crippen molar-refractivity contribution in [2.45, 2.75) is 52.4 Å². The van der Waals surface area contributed by atoms with Crippen LogP contribution in [0.25, 0.3) is 0 Å². The summed E-state index contributed by atoms with van der Waals surface area (Å²) in [4.78, 5) is 2.56. The molecule has 1 fully saturated rings. The minimum Gasteiger partial charge on any atom is -0.383 e. The maximum atomic E-state index is 6.08. The summed E-state index contributed by atoms with van der Waals surface area (Å²) in [7, 11) is 1.79. The van der Waals surface area contributed by atoms with Gasteiger partial charge in [-0.25, -0.2) is 0 Å². The smallest absolute Gasteiger partial charge is 0.0589 e. The molecule has 3 nitrogen and oxygen atoms in total. The van der Waals surface area contributed by atoms with Crippen molar-refractivity contribution in [1.82, 2.24) is 4.90 Å². The molecule has 0 bridgehead atoms. The molecule has 0 radical (unpaired) electrons. The minimum atomic E-state index is 0.431. The Morgan fingerprint density at radius 2 is 1.84 bits per heavy atom. The van der Waals surface area contributed by atoms with E-state index in [9.17, 15) is 0 Å². The first-order chi connectivity index (χ1) is 9.12. The summed E-state index contributed by atoms with van der Waals surface area (Å²) < 4.78 is 5.23. The maximum Gasteiger partial charge on any atom is 0.0589 e. The van der Waals surface area contributed by atoms with Gasteiger partial charge in [-0.05, 0) is 43.7 Å². The number of hydrogen-bond acceptors (Lipinski definition) is 3. The topological polar surface area (TPSA) is 38.5 Å². The van der Waals surface area contributed by atoms with E-state index in [2.05, 4.69) is 18.7 Å². The molecule has 0 unspecified atom stereocenters. The van der Waals surface area contributed by atoms with Crippen LogP contribution in [0.2, 0.25) is 0 Å². The Bertz CT molecular complexity index is 225. The van der Waals surface area contributed by atoms with E-state index in [1.165, 1.54) is 51.6 Å². The number of methoxy groups -OCH3 is 1. The summed E-state index contributed by atoms with van der Waals surface area (Å²) in [6.07, 6.45) is 8.09. The number of hydrogen-bond donors (Lipinski definition) is 1. The van der Waals surface area contributed by atoms with E-state index in [1.54, 1.807) is 7.11 Å². The van der Waals surface area contributed by atoms with Crippen LogP contribution in [-0.2, 0) is 4.74 Å². The largest absolute Gasteiger partial charge is 0.383 e. The van der Waals surface area contributed by atoms with Crippen molar-refractivity contribution < 1.29 is 4.74 Å². The molecule has 1 aliphatic rings. The van der Waals surface area contributed by atoms with Crippen LogP contribution >= 0.6 is 0 Å². The fourth-order valence-electron chi connectivity index (χ4n) is 3.28. The van der Waals surface area contributed by atoms with Crippen molar-refractivity contribution in [3.05, 3.63) is 0 Å². The van der Waals surface area contributed by atoms with E-state index in [-0.39, 0.29) is 0 Å². The molecule has 0 spiro atoms. The highest BCUT2D eigenvalue weighted by atomic mass is 16.5. The molecule has 0 aromatic carbocycles. The van der Waals surface area contributed by atoms with Crippen LogP contribution in [0.3, 0.4) is 0 Å². The average molecular weight is 270 g/mol. The molecule has 0 atom stereocenters. The molecule has 0 aromatic rings. The molecule has 3 heteroatoms. The lowest BCUT2D eigenvalue weighted by Crippen LogP contribution is -2.39. The van der Waals surface area contributed by atoms with E-state index >= 15 is 0 Å². The molecule has 0 aliphatic heterocycles. The van der Waals surface area contributed by atoms with Gasteiger partial charge in [-0.1, -0.05) is 33.1 Å². The van der Waals surface area contributed by atoms with Crippen LogP contribution in [-0.4, -0.2) is 44.8 Å². The molecule has 1 saturated carbocycles. The predicted molar refractivity (Wildman–Crippen MR) is 82.3 cm³/mol. The van der Waals surface area contributed by atoms with Gasteiger partial charge < -0.3 is 15.4 Å². The Morgan fingerprint density at radius 3 is 2.37 bits per heavy atom. The minimum absolute atomic E-state index is 0.431. The number of ether oxygens (including phenoxy) is 1. The third-order valence-electron chi connectivity index (χ3n) is 4.54. The summed E-state index contributed by atoms with van der Waals surface area (Å²) in [5.41, 5.74) is 6.51. The average Bonchev–Trinajstić information content (AvgIpc) is 2.42. The van der Waals surface area contributed by atoms with Crippen molar-refractivity contribution >= 4 is 0 Å². The van der Waals surface area contributed by atoms with Crippen LogP contribution in [0.1, 0.15) is 52.4 Å². The van der Waals surface area contributed by atoms with Crippen molar-refractivity contribution in [3.63, 3.8) is 0 Å². The normalized spacial score (nSPS) is 19.3. The molecule has 1 aliphatic carbocycles. The molecule has 0 aromatic heterocycles. The van der Waals surface area contributed by atoms with E-state index in [0.29, 0.717) is 5.41 Å². The molecule has 19 heavy (non-hydrogen) atoms. The highest BCUT2D eigenvalue weighted by Crippen LogP contribution is 2.38. The van der Waals surface area contributed by atoms with Gasteiger partial charge in [0.15, 0.2) is 0 Å². The van der Waals surface area contributed by atoms with Crippen molar-refractivity contribution in [2.24, 2.45) is 17.1 Å². The Labute approximate surface area is 119 Å². The second kappa shape index (κ2) is 8.93. The van der Waals surface area contributed by atoms with E-state index < -0.39 is 0 Å². The van der Waals surface area contributed by atoms with Crippen molar-refractivity contribution in [3.8, 4) is 0 Å². The van der Waals surface area contributed by atoms with Gasteiger partial charge in [0.2, 0.25) is 0 Å². The molecule has 114 valence electrons. The van der Waals surface area contributed by atoms with E-state index in [4.69, 9.17) is 10.5 Å². The van der Waals surface area contributed by atoms with Crippen molar-refractivity contribution in [1.29, 1.82) is 0 Å². The van der Waals surface area contributed by atoms with Crippen LogP contribution in [0.4, 0.5) is 0 Å². The first-order valence-electron chi connectivity index (χ1n) is 8.03. The summed E-state index contributed by atoms with van der Waals surface area (Å²) in [6.45, 7) is 9.69. The van der Waals surface area contributed by atoms with Gasteiger partial charge in [0.25, 0.3) is 0 Å². The van der Waals surface area contributed by atoms with Gasteiger partial charge in [0.1, 0.15) is 0 Å². The van der Waals surface area contributed by atoms with Gasteiger partial charge in [0.05, 0.1) is 6.61 Å². The molecule has 0 amide bonds. The Kier molecular flexibility index (Phi) is 7.96. The second-order valence-electron chi connectivity index (χ2n) is 6.70. The van der Waals surface area contributed by atoms with Gasteiger partial charge in [-0.15, -0.1) is 0 Å². The SMILES string of the molecule is COCCN(CCC1(CN)CCCCC1)CC(C)C. The first kappa shape index (κ1) is 16.9. The summed E-state index contributed by atoms with van der Waals surface area (Å²) in [5, 5.41) is 0. The molecule has 0 saturated heterocycles. The quantitative estimate of drug-likeness (QED) is 0.700. The number of nitrogens with two attached hydrogens (primary N) is 1. The first-order valence-corrected chi connectivity index (χ1v) is 8.03. The van der Waals surface area contributed by atoms with Gasteiger partial charge in [-0.2, -0.15) is 0 Å². The molecular weight excluding hydrogens is 236 g/mol. The number of nitrogens with zero attached hydrogens (tertiary/aromatic N) is 1. The van der Waals surface area contributed by atoms with E-state index in [1.807, 2.05) is 0 Å². The van der Waals surface area contributed by atoms with E-state index in [0.717, 1.165) is 25.6 Å². The second-order valence-corrected chi connectivity index (χ2v) is 6.70. The third kappa shape index (κ3) is 6.24. The lowest BCUT2D eigenvalue weighted by atomic mass is 9.72. The monoisotopic (exact) mass is 270 g/mol. The summed E-state index contributed by atoms with van der Waals surface area (Å²) in [6, 6.07) is 0. The molecule has 1 rings (SSSR count). The predicted octanol–water partition coefficient (Wildman–Crippen LogP) is 2.89. The van der Waals surface area contributed by atoms with Crippen molar-refractivity contribution in [2.75, 3.05) is 39.9 Å². The van der Waals surface area contributed by atoms with Crippen LogP contribution in [0, 0.1) is 11.3 Å². The van der Waals surface area contributed by atoms with Crippen LogP contribution in [0.5, 0.6) is 0 Å². The third-order valence-corrected chi connectivity index (χ3v) is 4.54. The highest BCUT2D eigenvalue weighted by Gasteiger charge is 2.30. The summed E-state index contributed by atoms with van der Waals surface area (Å²) >= 11 is 0. The fraction of sp³-hybridized carbons (Fsp3) is 1.00. The maximum absolute atomic E-state index is 6.08.